The van der Waals surface area contributed by atoms with Crippen molar-refractivity contribution in [2.24, 2.45) is 5.41 Å². The van der Waals surface area contributed by atoms with E-state index in [1.54, 1.807) is 0 Å². The third kappa shape index (κ3) is 5.77. The van der Waals surface area contributed by atoms with E-state index in [4.69, 9.17) is 19.4 Å². The van der Waals surface area contributed by atoms with Crippen LogP contribution in [-0.2, 0) is 0 Å². The van der Waals surface area contributed by atoms with Gasteiger partial charge >= 0.3 is 0 Å². The van der Waals surface area contributed by atoms with Crippen molar-refractivity contribution < 1.29 is 4.42 Å². The van der Waals surface area contributed by atoms with Gasteiger partial charge in [-0.2, -0.15) is 0 Å². The number of aromatic nitrogens is 3. The van der Waals surface area contributed by atoms with Crippen LogP contribution in [0.25, 0.3) is 83.3 Å². The van der Waals surface area contributed by atoms with Crippen molar-refractivity contribution >= 4 is 38.3 Å². The standard InChI is InChI=1S/C50H37N3O/c1-50(41-16-6-3-7-17-41)28-26-37(27-29-50)48-51-47(36-13-4-2-5-14-36)52-49(53-48)43-31-40(32-45-46(43)42-18-10-11-19-44(42)54-45)35-22-20-34(21-23-35)39-25-24-33-12-8-9-15-38(33)30-39/h2-6,8-16,18-28,30-32H,7,17,29H2,1H3. The molecule has 0 saturated heterocycles. The fraction of sp³-hybridized carbons (Fsp3) is 0.100. The molecule has 2 aliphatic rings. The zero-order valence-electron chi connectivity index (χ0n) is 30.0. The molecule has 4 heteroatoms. The highest BCUT2D eigenvalue weighted by Crippen LogP contribution is 2.43. The normalized spacial score (nSPS) is 16.9. The fourth-order valence-electron chi connectivity index (χ4n) is 7.98. The predicted octanol–water partition coefficient (Wildman–Crippen LogP) is 13.2. The first-order chi connectivity index (χ1) is 26.6. The Balaban J connectivity index is 1.11. The first-order valence-corrected chi connectivity index (χ1v) is 18.7. The topological polar surface area (TPSA) is 51.8 Å². The largest absolute Gasteiger partial charge is 0.456 e. The molecule has 1 atom stereocenters. The summed E-state index contributed by atoms with van der Waals surface area (Å²) in [6.45, 7) is 2.33. The van der Waals surface area contributed by atoms with E-state index in [1.807, 2.05) is 30.3 Å². The third-order valence-corrected chi connectivity index (χ3v) is 11.1. The predicted molar refractivity (Wildman–Crippen MR) is 223 cm³/mol. The number of hydrogen-bond donors (Lipinski definition) is 0. The Morgan fingerprint density at radius 2 is 1.31 bits per heavy atom. The molecule has 4 nitrogen and oxygen atoms in total. The van der Waals surface area contributed by atoms with E-state index in [1.165, 1.54) is 27.5 Å². The molecule has 2 aliphatic carbocycles. The average molecular weight is 696 g/mol. The minimum atomic E-state index is -0.0214. The maximum atomic E-state index is 6.55. The zero-order valence-corrected chi connectivity index (χ0v) is 30.0. The molecule has 0 saturated carbocycles. The molecule has 0 radical (unpaired) electrons. The van der Waals surface area contributed by atoms with Crippen molar-refractivity contribution in [1.29, 1.82) is 0 Å². The highest BCUT2D eigenvalue weighted by atomic mass is 16.3. The van der Waals surface area contributed by atoms with Crippen LogP contribution < -0.4 is 0 Å². The number of hydrogen-bond acceptors (Lipinski definition) is 4. The molecule has 0 amide bonds. The van der Waals surface area contributed by atoms with Crippen LogP contribution >= 0.6 is 0 Å². The molecule has 54 heavy (non-hydrogen) atoms. The highest BCUT2D eigenvalue weighted by Gasteiger charge is 2.28. The van der Waals surface area contributed by atoms with Crippen LogP contribution in [0.2, 0.25) is 0 Å². The molecule has 0 aliphatic heterocycles. The summed E-state index contributed by atoms with van der Waals surface area (Å²) in [6.07, 6.45) is 16.6. The van der Waals surface area contributed by atoms with E-state index < -0.39 is 0 Å². The lowest BCUT2D eigenvalue weighted by Crippen LogP contribution is -2.19. The van der Waals surface area contributed by atoms with Gasteiger partial charge in [-0.25, -0.2) is 15.0 Å². The van der Waals surface area contributed by atoms with Crippen LogP contribution in [0.4, 0.5) is 0 Å². The SMILES string of the molecule is CC1(C2=CC=CCC2)C=CC(c2nc(-c3ccccc3)nc(-c3cc(-c4ccc(-c5ccc6ccccc6c5)cc4)cc4oc5ccccc5c34)n2)=CC1. The van der Waals surface area contributed by atoms with Crippen LogP contribution in [0, 0.1) is 5.41 Å². The Labute approximate surface area is 314 Å². The van der Waals surface area contributed by atoms with E-state index in [9.17, 15) is 0 Å². The summed E-state index contributed by atoms with van der Waals surface area (Å²) in [4.78, 5) is 15.5. The Morgan fingerprint density at radius 1 is 0.593 bits per heavy atom. The van der Waals surface area contributed by atoms with E-state index in [0.29, 0.717) is 17.5 Å². The summed E-state index contributed by atoms with van der Waals surface area (Å²) in [5.74, 6) is 1.93. The van der Waals surface area contributed by atoms with Gasteiger partial charge in [-0.1, -0.05) is 158 Å². The number of benzene rings is 6. The highest BCUT2D eigenvalue weighted by molar-refractivity contribution is 6.13. The molecule has 0 bridgehead atoms. The Bertz CT molecular complexity index is 2860. The monoisotopic (exact) mass is 695 g/mol. The van der Waals surface area contributed by atoms with Crippen molar-refractivity contribution in [3.8, 4) is 45.0 Å². The van der Waals surface area contributed by atoms with Crippen LogP contribution in [0.1, 0.15) is 32.0 Å². The summed E-state index contributed by atoms with van der Waals surface area (Å²) >= 11 is 0. The van der Waals surface area contributed by atoms with Crippen molar-refractivity contribution in [2.75, 3.05) is 0 Å². The molecule has 0 N–H and O–H groups in total. The Morgan fingerprint density at radius 3 is 2.11 bits per heavy atom. The van der Waals surface area contributed by atoms with E-state index in [-0.39, 0.29) is 5.41 Å². The molecule has 2 aromatic heterocycles. The number of furan rings is 1. The minimum Gasteiger partial charge on any atom is -0.456 e. The van der Waals surface area contributed by atoms with Crippen LogP contribution in [0.3, 0.4) is 0 Å². The zero-order chi connectivity index (χ0) is 36.1. The Kier molecular flexibility index (Phi) is 7.76. The number of nitrogens with zero attached hydrogens (tertiary/aromatic N) is 3. The van der Waals surface area contributed by atoms with Gasteiger partial charge in [0, 0.05) is 32.9 Å². The molecule has 2 heterocycles. The van der Waals surface area contributed by atoms with Gasteiger partial charge in [-0.3, -0.25) is 0 Å². The summed E-state index contributed by atoms with van der Waals surface area (Å²) in [5.41, 5.74) is 10.4. The first kappa shape index (κ1) is 32.0. The van der Waals surface area contributed by atoms with Gasteiger partial charge in [0.2, 0.25) is 0 Å². The molecule has 0 spiro atoms. The number of para-hydroxylation sites is 1. The van der Waals surface area contributed by atoms with E-state index in [2.05, 4.69) is 147 Å². The van der Waals surface area contributed by atoms with E-state index >= 15 is 0 Å². The Hall–Kier alpha value is -6.65. The number of rotatable bonds is 6. The van der Waals surface area contributed by atoms with Crippen molar-refractivity contribution in [1.82, 2.24) is 15.0 Å². The van der Waals surface area contributed by atoms with Gasteiger partial charge < -0.3 is 4.42 Å². The average Bonchev–Trinajstić information content (AvgIpc) is 3.63. The molecule has 0 fully saturated rings. The molecule has 1 unspecified atom stereocenters. The summed E-state index contributed by atoms with van der Waals surface area (Å²) in [6, 6.07) is 46.7. The summed E-state index contributed by atoms with van der Waals surface area (Å²) in [5, 5.41) is 4.51. The third-order valence-electron chi connectivity index (χ3n) is 11.1. The van der Waals surface area contributed by atoms with Gasteiger partial charge in [0.1, 0.15) is 11.2 Å². The molecular weight excluding hydrogens is 659 g/mol. The molecular formula is C50H37N3O. The quantitative estimate of drug-likeness (QED) is 0.174. The van der Waals surface area contributed by atoms with E-state index in [0.717, 1.165) is 69.0 Å². The first-order valence-electron chi connectivity index (χ1n) is 18.7. The minimum absolute atomic E-state index is 0.0214. The lowest BCUT2D eigenvalue weighted by molar-refractivity contribution is 0.496. The van der Waals surface area contributed by atoms with Gasteiger partial charge in [0.05, 0.1) is 0 Å². The second kappa shape index (κ2) is 13.1. The number of allylic oxidation sites excluding steroid dienone is 8. The second-order valence-electron chi connectivity index (χ2n) is 14.6. The number of fused-ring (bicyclic) bond motifs is 4. The maximum Gasteiger partial charge on any atom is 0.164 e. The molecule has 258 valence electrons. The van der Waals surface area contributed by atoms with Gasteiger partial charge in [0.25, 0.3) is 0 Å². The van der Waals surface area contributed by atoms with Crippen LogP contribution in [-0.4, -0.2) is 15.0 Å². The lowest BCUT2D eigenvalue weighted by Gasteiger charge is -2.32. The second-order valence-corrected chi connectivity index (χ2v) is 14.6. The van der Waals surface area contributed by atoms with Crippen molar-refractivity contribution in [2.45, 2.75) is 26.2 Å². The summed E-state index contributed by atoms with van der Waals surface area (Å²) in [7, 11) is 0. The summed E-state index contributed by atoms with van der Waals surface area (Å²) < 4.78 is 6.55. The maximum absolute atomic E-state index is 6.55. The molecule has 8 aromatic rings. The lowest BCUT2D eigenvalue weighted by atomic mass is 9.73. The van der Waals surface area contributed by atoms with Crippen molar-refractivity contribution in [3.05, 3.63) is 181 Å². The molecule has 10 rings (SSSR count). The van der Waals surface area contributed by atoms with Crippen molar-refractivity contribution in [3.63, 3.8) is 0 Å². The fourth-order valence-corrected chi connectivity index (χ4v) is 7.98. The van der Waals surface area contributed by atoms with Crippen LogP contribution in [0.5, 0.6) is 0 Å². The van der Waals surface area contributed by atoms with Gasteiger partial charge in [-0.05, 0) is 76.6 Å². The smallest absolute Gasteiger partial charge is 0.164 e. The van der Waals surface area contributed by atoms with Gasteiger partial charge in [-0.15, -0.1) is 0 Å². The molecule has 6 aromatic carbocycles. The van der Waals surface area contributed by atoms with Gasteiger partial charge in [0.15, 0.2) is 17.5 Å². The van der Waals surface area contributed by atoms with Crippen LogP contribution in [0.15, 0.2) is 180 Å².